The molecule has 27 heavy (non-hydrogen) atoms. The van der Waals surface area contributed by atoms with Crippen molar-refractivity contribution in [3.8, 4) is 5.75 Å². The van der Waals surface area contributed by atoms with E-state index in [-0.39, 0.29) is 6.54 Å². The van der Waals surface area contributed by atoms with E-state index in [0.29, 0.717) is 24.5 Å². The van der Waals surface area contributed by atoms with Crippen LogP contribution >= 0.6 is 0 Å². The van der Waals surface area contributed by atoms with Gasteiger partial charge in [0.15, 0.2) is 0 Å². The molecule has 1 atom stereocenters. The summed E-state index contributed by atoms with van der Waals surface area (Å²) in [6, 6.07) is 16.5. The number of benzene rings is 2. The fraction of sp³-hybridized carbons (Fsp3) is 0.333. The van der Waals surface area contributed by atoms with Gasteiger partial charge in [-0.1, -0.05) is 37.3 Å². The van der Waals surface area contributed by atoms with Gasteiger partial charge >= 0.3 is 11.8 Å². The molecule has 0 bridgehead atoms. The van der Waals surface area contributed by atoms with Gasteiger partial charge in [0.1, 0.15) is 11.4 Å². The van der Waals surface area contributed by atoms with Crippen molar-refractivity contribution in [2.45, 2.75) is 25.9 Å². The highest BCUT2D eigenvalue weighted by Gasteiger charge is 2.31. The summed E-state index contributed by atoms with van der Waals surface area (Å²) in [7, 11) is 1.60. The lowest BCUT2D eigenvalue weighted by Gasteiger charge is -2.32. The van der Waals surface area contributed by atoms with Crippen LogP contribution in [0.25, 0.3) is 0 Å². The topological polar surface area (TPSA) is 76.7 Å². The third kappa shape index (κ3) is 5.31. The normalized spacial score (nSPS) is 12.7. The van der Waals surface area contributed by atoms with Gasteiger partial charge in [-0.05, 0) is 43.2 Å². The Labute approximate surface area is 159 Å². The van der Waals surface area contributed by atoms with Gasteiger partial charge in [-0.15, -0.1) is 0 Å². The lowest BCUT2D eigenvalue weighted by molar-refractivity contribution is -0.137. The second kappa shape index (κ2) is 9.73. The van der Waals surface area contributed by atoms with Crippen molar-refractivity contribution in [2.75, 3.05) is 25.6 Å². The first-order valence-corrected chi connectivity index (χ1v) is 8.97. The number of hydrogen-bond donors (Lipinski definition) is 2. The predicted molar refractivity (Wildman–Crippen MR) is 105 cm³/mol. The number of hydrogen-bond acceptors (Lipinski definition) is 4. The molecular formula is C21H26N2O4. The lowest BCUT2D eigenvalue weighted by atomic mass is 9.90. The van der Waals surface area contributed by atoms with Crippen LogP contribution < -0.4 is 15.4 Å². The molecule has 6 nitrogen and oxygen atoms in total. The van der Waals surface area contributed by atoms with Crippen molar-refractivity contribution in [3.63, 3.8) is 0 Å². The van der Waals surface area contributed by atoms with Gasteiger partial charge in [0.2, 0.25) is 0 Å². The predicted octanol–water partition coefficient (Wildman–Crippen LogP) is 3.09. The van der Waals surface area contributed by atoms with E-state index < -0.39 is 17.4 Å². The number of methoxy groups -OCH3 is 1. The summed E-state index contributed by atoms with van der Waals surface area (Å²) in [6.07, 6.45) is 0.647. The van der Waals surface area contributed by atoms with E-state index in [0.717, 1.165) is 5.56 Å². The largest absolute Gasteiger partial charge is 0.494 e. The van der Waals surface area contributed by atoms with Crippen LogP contribution in [0, 0.1) is 0 Å². The molecule has 1 unspecified atom stereocenters. The SMILES string of the molecule is CCOc1ccc(NC(=O)C(=O)NCC(CC)(OC)c2ccccc2)cc1. The van der Waals surface area contributed by atoms with Crippen molar-refractivity contribution < 1.29 is 19.1 Å². The molecule has 6 heteroatoms. The van der Waals surface area contributed by atoms with Crippen LogP contribution in [0.1, 0.15) is 25.8 Å². The third-order valence-electron chi connectivity index (χ3n) is 4.43. The number of carbonyl (C=O) groups excluding carboxylic acids is 2. The molecule has 0 radical (unpaired) electrons. The summed E-state index contributed by atoms with van der Waals surface area (Å²) in [5, 5.41) is 5.25. The zero-order valence-corrected chi connectivity index (χ0v) is 16.0. The molecule has 0 aliphatic rings. The zero-order valence-electron chi connectivity index (χ0n) is 16.0. The molecule has 0 aliphatic carbocycles. The molecule has 0 heterocycles. The fourth-order valence-electron chi connectivity index (χ4n) is 2.80. The van der Waals surface area contributed by atoms with Crippen LogP contribution in [0.15, 0.2) is 54.6 Å². The minimum Gasteiger partial charge on any atom is -0.494 e. The van der Waals surface area contributed by atoms with Crippen molar-refractivity contribution in [1.29, 1.82) is 0 Å². The Morgan fingerprint density at radius 3 is 2.19 bits per heavy atom. The Morgan fingerprint density at radius 1 is 0.963 bits per heavy atom. The quantitative estimate of drug-likeness (QED) is 0.700. The van der Waals surface area contributed by atoms with E-state index in [1.165, 1.54) is 0 Å². The Bertz CT molecular complexity index is 741. The van der Waals surface area contributed by atoms with E-state index in [1.54, 1.807) is 31.4 Å². The highest BCUT2D eigenvalue weighted by molar-refractivity contribution is 6.39. The first kappa shape index (κ1) is 20.5. The van der Waals surface area contributed by atoms with Crippen LogP contribution in [-0.2, 0) is 19.9 Å². The molecule has 0 saturated heterocycles. The van der Waals surface area contributed by atoms with Crippen LogP contribution in [0.3, 0.4) is 0 Å². The standard InChI is InChI=1S/C21H26N2O4/c1-4-21(26-3,16-9-7-6-8-10-16)15-22-19(24)20(25)23-17-11-13-18(14-12-17)27-5-2/h6-14H,4-5,15H2,1-3H3,(H,22,24)(H,23,25). The molecule has 0 aliphatic heterocycles. The maximum absolute atomic E-state index is 12.2. The molecule has 2 aromatic rings. The van der Waals surface area contributed by atoms with Crippen LogP contribution in [-0.4, -0.2) is 32.1 Å². The maximum atomic E-state index is 12.2. The van der Waals surface area contributed by atoms with Crippen molar-refractivity contribution in [1.82, 2.24) is 5.32 Å². The minimum absolute atomic E-state index is 0.194. The summed E-state index contributed by atoms with van der Waals surface area (Å²) < 4.78 is 11.0. The number of amides is 2. The average Bonchev–Trinajstić information content (AvgIpc) is 2.71. The fourth-order valence-corrected chi connectivity index (χ4v) is 2.80. The van der Waals surface area contributed by atoms with Gasteiger partial charge in [-0.2, -0.15) is 0 Å². The van der Waals surface area contributed by atoms with Gasteiger partial charge in [0.25, 0.3) is 0 Å². The van der Waals surface area contributed by atoms with Gasteiger partial charge < -0.3 is 20.1 Å². The Morgan fingerprint density at radius 2 is 1.63 bits per heavy atom. The van der Waals surface area contributed by atoms with Crippen LogP contribution in [0.5, 0.6) is 5.75 Å². The Kier molecular flexibility index (Phi) is 7.37. The van der Waals surface area contributed by atoms with Crippen molar-refractivity contribution in [3.05, 3.63) is 60.2 Å². The number of anilines is 1. The van der Waals surface area contributed by atoms with Gasteiger partial charge in [0, 0.05) is 12.8 Å². The molecule has 2 aromatic carbocycles. The van der Waals surface area contributed by atoms with E-state index in [2.05, 4.69) is 10.6 Å². The molecular weight excluding hydrogens is 344 g/mol. The summed E-state index contributed by atoms with van der Waals surface area (Å²) in [4.78, 5) is 24.4. The highest BCUT2D eigenvalue weighted by Crippen LogP contribution is 2.28. The summed E-state index contributed by atoms with van der Waals surface area (Å²) in [5.41, 5.74) is 0.786. The smallest absolute Gasteiger partial charge is 0.313 e. The van der Waals surface area contributed by atoms with E-state index in [9.17, 15) is 9.59 Å². The number of ether oxygens (including phenoxy) is 2. The number of rotatable bonds is 8. The third-order valence-corrected chi connectivity index (χ3v) is 4.43. The summed E-state index contributed by atoms with van der Waals surface area (Å²) in [5.74, 6) is -0.737. The second-order valence-corrected chi connectivity index (χ2v) is 6.01. The second-order valence-electron chi connectivity index (χ2n) is 6.01. The van der Waals surface area contributed by atoms with Gasteiger partial charge in [-0.25, -0.2) is 0 Å². The Hall–Kier alpha value is -2.86. The van der Waals surface area contributed by atoms with Crippen LogP contribution in [0.2, 0.25) is 0 Å². The highest BCUT2D eigenvalue weighted by atomic mass is 16.5. The van der Waals surface area contributed by atoms with Crippen molar-refractivity contribution >= 4 is 17.5 Å². The minimum atomic E-state index is -0.728. The lowest BCUT2D eigenvalue weighted by Crippen LogP contribution is -2.45. The van der Waals surface area contributed by atoms with E-state index >= 15 is 0 Å². The molecule has 2 amide bonds. The Balaban J connectivity index is 1.97. The average molecular weight is 370 g/mol. The van der Waals surface area contributed by atoms with Gasteiger partial charge in [0.05, 0.1) is 13.2 Å². The van der Waals surface area contributed by atoms with Gasteiger partial charge in [-0.3, -0.25) is 9.59 Å². The molecule has 0 spiro atoms. The first-order valence-electron chi connectivity index (χ1n) is 8.97. The summed E-state index contributed by atoms with van der Waals surface area (Å²) in [6.45, 7) is 4.63. The zero-order chi connectivity index (χ0) is 19.7. The maximum Gasteiger partial charge on any atom is 0.313 e. The van der Waals surface area contributed by atoms with Crippen molar-refractivity contribution in [2.24, 2.45) is 0 Å². The van der Waals surface area contributed by atoms with E-state index in [4.69, 9.17) is 9.47 Å². The molecule has 2 rings (SSSR count). The molecule has 144 valence electrons. The molecule has 0 saturated carbocycles. The monoisotopic (exact) mass is 370 g/mol. The molecule has 2 N–H and O–H groups in total. The summed E-state index contributed by atoms with van der Waals surface area (Å²) >= 11 is 0. The number of carbonyl (C=O) groups is 2. The molecule has 0 aromatic heterocycles. The molecule has 0 fully saturated rings. The first-order chi connectivity index (χ1) is 13.0. The number of nitrogens with one attached hydrogen (secondary N) is 2. The van der Waals surface area contributed by atoms with Crippen LogP contribution in [0.4, 0.5) is 5.69 Å². The van der Waals surface area contributed by atoms with E-state index in [1.807, 2.05) is 44.2 Å².